The van der Waals surface area contributed by atoms with Gasteiger partial charge in [0.05, 0.1) is 0 Å². The molecule has 1 atom stereocenters. The summed E-state index contributed by atoms with van der Waals surface area (Å²) in [5.74, 6) is -0.389. The fraction of sp³-hybridized carbons (Fsp3) is 0.467. The van der Waals surface area contributed by atoms with E-state index in [4.69, 9.17) is 11.6 Å². The van der Waals surface area contributed by atoms with Crippen molar-refractivity contribution in [2.24, 2.45) is 5.41 Å². The van der Waals surface area contributed by atoms with Crippen molar-refractivity contribution in [3.63, 3.8) is 0 Å². The first-order valence-corrected chi connectivity index (χ1v) is 6.91. The van der Waals surface area contributed by atoms with Crippen molar-refractivity contribution >= 4 is 23.4 Å². The Labute approximate surface area is 124 Å². The maximum absolute atomic E-state index is 11.9. The van der Waals surface area contributed by atoms with E-state index in [2.05, 4.69) is 10.6 Å². The van der Waals surface area contributed by atoms with Crippen LogP contribution in [0.5, 0.6) is 0 Å². The highest BCUT2D eigenvalue weighted by Crippen LogP contribution is 2.15. The Bertz CT molecular complexity index is 495. The summed E-state index contributed by atoms with van der Waals surface area (Å²) in [6.45, 7) is 7.41. The van der Waals surface area contributed by atoms with Crippen LogP contribution in [0.15, 0.2) is 24.3 Å². The van der Waals surface area contributed by atoms with Gasteiger partial charge in [-0.15, -0.1) is 0 Å². The number of hydrogen-bond donors (Lipinski definition) is 2. The molecule has 0 aliphatic heterocycles. The van der Waals surface area contributed by atoms with Crippen LogP contribution in [0.1, 0.15) is 33.3 Å². The first-order valence-electron chi connectivity index (χ1n) is 6.54. The van der Waals surface area contributed by atoms with Crippen molar-refractivity contribution in [3.8, 4) is 0 Å². The molecule has 1 rings (SSSR count). The number of benzene rings is 1. The van der Waals surface area contributed by atoms with Crippen LogP contribution in [0.25, 0.3) is 0 Å². The van der Waals surface area contributed by atoms with Crippen LogP contribution in [-0.2, 0) is 16.1 Å². The van der Waals surface area contributed by atoms with Gasteiger partial charge >= 0.3 is 0 Å². The number of rotatable bonds is 4. The molecule has 2 N–H and O–H groups in total. The zero-order valence-electron chi connectivity index (χ0n) is 12.3. The van der Waals surface area contributed by atoms with Crippen LogP contribution < -0.4 is 10.6 Å². The van der Waals surface area contributed by atoms with Gasteiger partial charge in [-0.1, -0.05) is 50.6 Å². The largest absolute Gasteiger partial charge is 0.350 e. The Kier molecular flexibility index (Phi) is 5.57. The molecular formula is C15H21ClN2O2. The topological polar surface area (TPSA) is 58.2 Å². The molecule has 0 aliphatic rings. The maximum atomic E-state index is 11.9. The summed E-state index contributed by atoms with van der Waals surface area (Å²) in [4.78, 5) is 23.7. The molecule has 20 heavy (non-hydrogen) atoms. The Hall–Kier alpha value is -1.55. The molecule has 0 aliphatic carbocycles. The second-order valence-electron chi connectivity index (χ2n) is 5.75. The number of halogens is 1. The lowest BCUT2D eigenvalue weighted by Crippen LogP contribution is -2.48. The van der Waals surface area contributed by atoms with Gasteiger partial charge in [-0.25, -0.2) is 0 Å². The van der Waals surface area contributed by atoms with Crippen molar-refractivity contribution in [2.75, 3.05) is 0 Å². The average Bonchev–Trinajstić information content (AvgIpc) is 2.36. The first kappa shape index (κ1) is 16.5. The molecule has 0 aromatic heterocycles. The van der Waals surface area contributed by atoms with Gasteiger partial charge in [0.15, 0.2) is 0 Å². The van der Waals surface area contributed by atoms with Crippen LogP contribution in [0.3, 0.4) is 0 Å². The molecule has 5 heteroatoms. The second kappa shape index (κ2) is 6.75. The van der Waals surface area contributed by atoms with Gasteiger partial charge in [0.25, 0.3) is 0 Å². The SMILES string of the molecule is C[C@@H](NC(=O)C(C)(C)C)C(=O)NCc1ccccc1Cl. The predicted octanol–water partition coefficient (Wildman–Crippen LogP) is 2.51. The van der Waals surface area contributed by atoms with Crippen LogP contribution in [0.2, 0.25) is 5.02 Å². The molecule has 2 amide bonds. The molecule has 4 nitrogen and oxygen atoms in total. The zero-order chi connectivity index (χ0) is 15.3. The molecular weight excluding hydrogens is 276 g/mol. The van der Waals surface area contributed by atoms with Crippen LogP contribution in [-0.4, -0.2) is 17.9 Å². The fourth-order valence-electron chi connectivity index (χ4n) is 1.46. The molecule has 0 unspecified atom stereocenters. The van der Waals surface area contributed by atoms with E-state index >= 15 is 0 Å². The molecule has 1 aromatic carbocycles. The molecule has 0 saturated carbocycles. The molecule has 1 aromatic rings. The minimum atomic E-state index is -0.579. The van der Waals surface area contributed by atoms with E-state index < -0.39 is 11.5 Å². The quantitative estimate of drug-likeness (QED) is 0.897. The van der Waals surface area contributed by atoms with Crippen molar-refractivity contribution in [1.29, 1.82) is 0 Å². The van der Waals surface area contributed by atoms with Gasteiger partial charge in [-0.3, -0.25) is 9.59 Å². The molecule has 0 radical (unpaired) electrons. The zero-order valence-corrected chi connectivity index (χ0v) is 13.0. The third kappa shape index (κ3) is 4.85. The van der Waals surface area contributed by atoms with E-state index in [9.17, 15) is 9.59 Å². The normalized spacial score (nSPS) is 12.7. The number of hydrogen-bond acceptors (Lipinski definition) is 2. The van der Waals surface area contributed by atoms with Crippen molar-refractivity contribution in [2.45, 2.75) is 40.3 Å². The van der Waals surface area contributed by atoms with E-state index in [-0.39, 0.29) is 11.8 Å². The van der Waals surface area contributed by atoms with Gasteiger partial charge in [0.2, 0.25) is 11.8 Å². The van der Waals surface area contributed by atoms with Crippen molar-refractivity contribution < 1.29 is 9.59 Å². The van der Waals surface area contributed by atoms with E-state index in [1.807, 2.05) is 18.2 Å². The fourth-order valence-corrected chi connectivity index (χ4v) is 1.66. The number of carbonyl (C=O) groups excluding carboxylic acids is 2. The van der Waals surface area contributed by atoms with Gasteiger partial charge in [0, 0.05) is 17.0 Å². The Balaban J connectivity index is 2.51. The van der Waals surface area contributed by atoms with Gasteiger partial charge in [-0.2, -0.15) is 0 Å². The van der Waals surface area contributed by atoms with Gasteiger partial charge < -0.3 is 10.6 Å². The van der Waals surface area contributed by atoms with E-state index in [0.29, 0.717) is 11.6 Å². The van der Waals surface area contributed by atoms with Crippen LogP contribution >= 0.6 is 11.6 Å². The highest BCUT2D eigenvalue weighted by Gasteiger charge is 2.24. The Morgan fingerprint density at radius 2 is 1.85 bits per heavy atom. The van der Waals surface area contributed by atoms with Crippen LogP contribution in [0.4, 0.5) is 0 Å². The molecule has 0 heterocycles. The molecule has 0 bridgehead atoms. The molecule has 0 fully saturated rings. The highest BCUT2D eigenvalue weighted by atomic mass is 35.5. The number of carbonyl (C=O) groups is 2. The maximum Gasteiger partial charge on any atom is 0.242 e. The smallest absolute Gasteiger partial charge is 0.242 e. The second-order valence-corrected chi connectivity index (χ2v) is 6.16. The lowest BCUT2D eigenvalue weighted by Gasteiger charge is -2.21. The number of amides is 2. The average molecular weight is 297 g/mol. The number of nitrogens with one attached hydrogen (secondary N) is 2. The lowest BCUT2D eigenvalue weighted by atomic mass is 9.95. The first-order chi connectivity index (χ1) is 9.21. The molecule has 0 saturated heterocycles. The van der Waals surface area contributed by atoms with Crippen molar-refractivity contribution in [1.82, 2.24) is 10.6 Å². The monoisotopic (exact) mass is 296 g/mol. The summed E-state index contributed by atoms with van der Waals surface area (Å²) in [5, 5.41) is 6.06. The van der Waals surface area contributed by atoms with E-state index in [0.717, 1.165) is 5.56 Å². The van der Waals surface area contributed by atoms with Gasteiger partial charge in [-0.05, 0) is 18.6 Å². The Morgan fingerprint density at radius 3 is 2.40 bits per heavy atom. The highest BCUT2D eigenvalue weighted by molar-refractivity contribution is 6.31. The summed E-state index contributed by atoms with van der Waals surface area (Å²) in [5.41, 5.74) is 0.328. The molecule has 0 spiro atoms. The Morgan fingerprint density at radius 1 is 1.25 bits per heavy atom. The summed E-state index contributed by atoms with van der Waals surface area (Å²) in [6.07, 6.45) is 0. The van der Waals surface area contributed by atoms with E-state index in [1.54, 1.807) is 33.8 Å². The summed E-state index contributed by atoms with van der Waals surface area (Å²) >= 11 is 6.01. The lowest BCUT2D eigenvalue weighted by molar-refractivity contribution is -0.133. The minimum absolute atomic E-state index is 0.155. The van der Waals surface area contributed by atoms with Crippen LogP contribution in [0, 0.1) is 5.41 Å². The summed E-state index contributed by atoms with van der Waals surface area (Å²) in [6, 6.07) is 6.73. The summed E-state index contributed by atoms with van der Waals surface area (Å²) in [7, 11) is 0. The van der Waals surface area contributed by atoms with Crippen molar-refractivity contribution in [3.05, 3.63) is 34.9 Å². The minimum Gasteiger partial charge on any atom is -0.350 e. The van der Waals surface area contributed by atoms with E-state index in [1.165, 1.54) is 0 Å². The summed E-state index contributed by atoms with van der Waals surface area (Å²) < 4.78 is 0. The van der Waals surface area contributed by atoms with Gasteiger partial charge in [0.1, 0.15) is 6.04 Å². The third-order valence-electron chi connectivity index (χ3n) is 2.83. The molecule has 110 valence electrons. The third-order valence-corrected chi connectivity index (χ3v) is 3.20. The standard InChI is InChI=1S/C15H21ClN2O2/c1-10(18-14(20)15(2,3)4)13(19)17-9-11-7-5-6-8-12(11)16/h5-8,10H,9H2,1-4H3,(H,17,19)(H,18,20)/t10-/m1/s1. The predicted molar refractivity (Wildman–Crippen MR) is 80.4 cm³/mol.